The lowest BCUT2D eigenvalue weighted by atomic mass is 10.1. The van der Waals surface area contributed by atoms with E-state index >= 15 is 0 Å². The van der Waals surface area contributed by atoms with E-state index < -0.39 is 28.5 Å². The molecule has 2 amide bonds. The van der Waals surface area contributed by atoms with Gasteiger partial charge in [0.15, 0.2) is 0 Å². The van der Waals surface area contributed by atoms with Gasteiger partial charge in [-0.15, -0.1) is 0 Å². The standard InChI is InChI=1S/C23H28Cl3N3O4S/c1-5-15(2)27-23(31)16(3)28(13-17-9-10-20(25)21(26)11-17)22(30)14-29(34(4,32)33)19-8-6-7-18(24)12-19/h6-12,15-16H,5,13-14H2,1-4H3,(H,27,31)/t15-,16-/m1/s1. The fourth-order valence-corrected chi connectivity index (χ4v) is 4.47. The van der Waals surface area contributed by atoms with E-state index in [-0.39, 0.29) is 24.2 Å². The van der Waals surface area contributed by atoms with Crippen LogP contribution in [0.3, 0.4) is 0 Å². The summed E-state index contributed by atoms with van der Waals surface area (Å²) in [5.41, 5.74) is 0.883. The van der Waals surface area contributed by atoms with Gasteiger partial charge in [-0.05, 0) is 56.2 Å². The monoisotopic (exact) mass is 547 g/mol. The summed E-state index contributed by atoms with van der Waals surface area (Å²) in [6, 6.07) is 10.1. The summed E-state index contributed by atoms with van der Waals surface area (Å²) in [5.74, 6) is -0.917. The van der Waals surface area contributed by atoms with E-state index in [1.807, 2.05) is 13.8 Å². The molecule has 0 fully saturated rings. The molecule has 0 saturated carbocycles. The second-order valence-electron chi connectivity index (χ2n) is 8.01. The summed E-state index contributed by atoms with van der Waals surface area (Å²) in [7, 11) is -3.83. The lowest BCUT2D eigenvalue weighted by Gasteiger charge is -2.32. The van der Waals surface area contributed by atoms with Crippen LogP contribution >= 0.6 is 34.8 Å². The van der Waals surface area contributed by atoms with Crippen molar-refractivity contribution in [2.45, 2.75) is 45.8 Å². The number of hydrogen-bond donors (Lipinski definition) is 1. The van der Waals surface area contributed by atoms with E-state index in [9.17, 15) is 18.0 Å². The second-order valence-corrected chi connectivity index (χ2v) is 11.2. The Morgan fingerprint density at radius 3 is 2.26 bits per heavy atom. The van der Waals surface area contributed by atoms with Crippen LogP contribution in [-0.4, -0.2) is 50.0 Å². The molecule has 11 heteroatoms. The Hall–Kier alpha value is -2.00. The molecule has 1 N–H and O–H groups in total. The third-order valence-electron chi connectivity index (χ3n) is 5.28. The summed E-state index contributed by atoms with van der Waals surface area (Å²) in [4.78, 5) is 27.6. The molecule has 2 aromatic rings. The maximum atomic E-state index is 13.5. The van der Waals surface area contributed by atoms with E-state index in [2.05, 4.69) is 5.32 Å². The topological polar surface area (TPSA) is 86.8 Å². The van der Waals surface area contributed by atoms with Crippen molar-refractivity contribution in [1.82, 2.24) is 10.2 Å². The highest BCUT2D eigenvalue weighted by Crippen LogP contribution is 2.25. The first-order chi connectivity index (χ1) is 15.8. The maximum Gasteiger partial charge on any atom is 0.244 e. The van der Waals surface area contributed by atoms with Crippen molar-refractivity contribution >= 4 is 62.3 Å². The Morgan fingerprint density at radius 2 is 1.71 bits per heavy atom. The van der Waals surface area contributed by atoms with Gasteiger partial charge in [0, 0.05) is 17.6 Å². The Labute approximate surface area is 216 Å². The molecule has 2 atom stereocenters. The van der Waals surface area contributed by atoms with Crippen molar-refractivity contribution in [3.05, 3.63) is 63.1 Å². The third kappa shape index (κ3) is 7.77. The molecule has 0 aliphatic rings. The van der Waals surface area contributed by atoms with Gasteiger partial charge in [-0.2, -0.15) is 0 Å². The van der Waals surface area contributed by atoms with Crippen molar-refractivity contribution in [2.75, 3.05) is 17.1 Å². The first-order valence-electron chi connectivity index (χ1n) is 10.6. The van der Waals surface area contributed by atoms with Gasteiger partial charge in [-0.3, -0.25) is 13.9 Å². The van der Waals surface area contributed by atoms with Gasteiger partial charge < -0.3 is 10.2 Å². The van der Waals surface area contributed by atoms with Gasteiger partial charge in [-0.1, -0.05) is 53.9 Å². The molecule has 0 spiro atoms. The summed E-state index contributed by atoms with van der Waals surface area (Å²) < 4.78 is 26.0. The largest absolute Gasteiger partial charge is 0.352 e. The minimum Gasteiger partial charge on any atom is -0.352 e. The van der Waals surface area contributed by atoms with E-state index in [4.69, 9.17) is 34.8 Å². The molecule has 2 aromatic carbocycles. The Kier molecular flexibility index (Phi) is 10.1. The van der Waals surface area contributed by atoms with Gasteiger partial charge in [0.2, 0.25) is 21.8 Å². The van der Waals surface area contributed by atoms with Crippen molar-refractivity contribution in [3.8, 4) is 0 Å². The van der Waals surface area contributed by atoms with Crippen molar-refractivity contribution in [3.63, 3.8) is 0 Å². The molecule has 7 nitrogen and oxygen atoms in total. The van der Waals surface area contributed by atoms with Crippen LogP contribution in [0.25, 0.3) is 0 Å². The van der Waals surface area contributed by atoms with Crippen LogP contribution in [0.2, 0.25) is 15.1 Å². The van der Waals surface area contributed by atoms with Gasteiger partial charge in [0.05, 0.1) is 22.0 Å². The number of nitrogens with one attached hydrogen (secondary N) is 1. The smallest absolute Gasteiger partial charge is 0.244 e. The number of nitrogens with zero attached hydrogens (tertiary/aromatic N) is 2. The van der Waals surface area contributed by atoms with Crippen LogP contribution < -0.4 is 9.62 Å². The average Bonchev–Trinajstić information content (AvgIpc) is 2.76. The summed E-state index contributed by atoms with van der Waals surface area (Å²) in [6.07, 6.45) is 1.72. The molecule has 0 radical (unpaired) electrons. The summed E-state index contributed by atoms with van der Waals surface area (Å²) >= 11 is 18.2. The minimum absolute atomic E-state index is 0.0258. The highest BCUT2D eigenvalue weighted by molar-refractivity contribution is 7.92. The van der Waals surface area contributed by atoms with E-state index in [0.29, 0.717) is 20.6 Å². The molecule has 0 aliphatic heterocycles. The predicted octanol–water partition coefficient (Wildman–Crippen LogP) is 4.74. The average molecular weight is 549 g/mol. The molecule has 0 saturated heterocycles. The molecule has 0 heterocycles. The predicted molar refractivity (Wildman–Crippen MR) is 138 cm³/mol. The number of amides is 2. The van der Waals surface area contributed by atoms with Crippen LogP contribution in [0.4, 0.5) is 5.69 Å². The van der Waals surface area contributed by atoms with E-state index in [0.717, 1.165) is 17.0 Å². The first kappa shape index (κ1) is 28.2. The van der Waals surface area contributed by atoms with E-state index in [1.165, 1.54) is 11.0 Å². The van der Waals surface area contributed by atoms with Crippen LogP contribution in [0.15, 0.2) is 42.5 Å². The Balaban J connectivity index is 2.41. The minimum atomic E-state index is -3.83. The number of carbonyl (C=O) groups excluding carboxylic acids is 2. The maximum absolute atomic E-state index is 13.5. The van der Waals surface area contributed by atoms with Gasteiger partial charge in [-0.25, -0.2) is 8.42 Å². The van der Waals surface area contributed by atoms with Crippen molar-refractivity contribution in [1.29, 1.82) is 0 Å². The zero-order valence-corrected chi connectivity index (χ0v) is 22.5. The van der Waals surface area contributed by atoms with Crippen LogP contribution in [0.5, 0.6) is 0 Å². The van der Waals surface area contributed by atoms with Crippen molar-refractivity contribution in [2.24, 2.45) is 0 Å². The SMILES string of the molecule is CC[C@@H](C)NC(=O)[C@@H](C)N(Cc1ccc(Cl)c(Cl)c1)C(=O)CN(c1cccc(Cl)c1)S(C)(=O)=O. The first-order valence-corrected chi connectivity index (χ1v) is 13.6. The molecule has 34 heavy (non-hydrogen) atoms. The number of benzene rings is 2. The van der Waals surface area contributed by atoms with Crippen LogP contribution in [0.1, 0.15) is 32.8 Å². The zero-order valence-electron chi connectivity index (χ0n) is 19.4. The molecule has 0 bridgehead atoms. The number of sulfonamides is 1. The zero-order chi connectivity index (χ0) is 25.6. The lowest BCUT2D eigenvalue weighted by molar-refractivity contribution is -0.139. The Bertz CT molecular complexity index is 1140. The molecule has 2 rings (SSSR count). The Morgan fingerprint density at radius 1 is 1.03 bits per heavy atom. The molecule has 0 aliphatic carbocycles. The molecule has 0 aromatic heterocycles. The van der Waals surface area contributed by atoms with Crippen molar-refractivity contribution < 1.29 is 18.0 Å². The number of halogens is 3. The number of hydrogen-bond acceptors (Lipinski definition) is 4. The molecule has 186 valence electrons. The normalized spacial score (nSPS) is 13.1. The van der Waals surface area contributed by atoms with Gasteiger partial charge >= 0.3 is 0 Å². The van der Waals surface area contributed by atoms with Crippen LogP contribution in [-0.2, 0) is 26.2 Å². The number of carbonyl (C=O) groups is 2. The number of anilines is 1. The third-order valence-corrected chi connectivity index (χ3v) is 7.40. The lowest BCUT2D eigenvalue weighted by Crippen LogP contribution is -2.52. The fourth-order valence-electron chi connectivity index (χ4n) is 3.13. The molecular weight excluding hydrogens is 521 g/mol. The fraction of sp³-hybridized carbons (Fsp3) is 0.391. The van der Waals surface area contributed by atoms with Gasteiger partial charge in [0.1, 0.15) is 12.6 Å². The molecule has 0 unspecified atom stereocenters. The summed E-state index contributed by atoms with van der Waals surface area (Å²) in [6.45, 7) is 4.90. The highest BCUT2D eigenvalue weighted by atomic mass is 35.5. The molecular formula is C23H28Cl3N3O4S. The van der Waals surface area contributed by atoms with E-state index in [1.54, 1.807) is 43.3 Å². The summed E-state index contributed by atoms with van der Waals surface area (Å²) in [5, 5.41) is 3.85. The van der Waals surface area contributed by atoms with Gasteiger partial charge in [0.25, 0.3) is 0 Å². The highest BCUT2D eigenvalue weighted by Gasteiger charge is 2.30. The second kappa shape index (κ2) is 12.1. The quantitative estimate of drug-likeness (QED) is 0.464. The number of rotatable bonds is 10. The van der Waals surface area contributed by atoms with Crippen LogP contribution in [0, 0.1) is 0 Å².